The maximum absolute atomic E-state index is 12.8. The minimum absolute atomic E-state index is 0.223. The lowest BCUT2D eigenvalue weighted by atomic mass is 9.95. The van der Waals surface area contributed by atoms with Gasteiger partial charge in [0.05, 0.1) is 17.7 Å². The molecule has 1 aliphatic rings. The van der Waals surface area contributed by atoms with Gasteiger partial charge in [-0.1, -0.05) is 17.7 Å². The number of anilines is 1. The van der Waals surface area contributed by atoms with Crippen molar-refractivity contribution in [3.63, 3.8) is 0 Å². The molecule has 166 valence electrons. The quantitative estimate of drug-likeness (QED) is 0.481. The standard InChI is InChI=1S/C23H28N2O5S/c1-14-8-9-16(15(2)12-14)23(28)30-13-19(26)25-22-20(21(27)24-10-11-29-3)17-6-4-5-7-18(17)31-22/h8-9,12H,4-7,10-11,13H2,1-3H3,(H,24,27)(H,25,26). The summed E-state index contributed by atoms with van der Waals surface area (Å²) in [4.78, 5) is 38.7. The van der Waals surface area contributed by atoms with E-state index in [9.17, 15) is 14.4 Å². The molecule has 2 N–H and O–H groups in total. The number of amides is 2. The van der Waals surface area contributed by atoms with Crippen molar-refractivity contribution in [1.82, 2.24) is 5.32 Å². The lowest BCUT2D eigenvalue weighted by molar-refractivity contribution is -0.119. The molecule has 0 radical (unpaired) electrons. The number of aryl methyl sites for hydroxylation is 3. The minimum Gasteiger partial charge on any atom is -0.452 e. The predicted molar refractivity (Wildman–Crippen MR) is 120 cm³/mol. The third-order valence-corrected chi connectivity index (χ3v) is 6.39. The van der Waals surface area contributed by atoms with Crippen molar-refractivity contribution in [3.05, 3.63) is 50.9 Å². The Morgan fingerprint density at radius 2 is 1.90 bits per heavy atom. The first kappa shape index (κ1) is 23.0. The van der Waals surface area contributed by atoms with Crippen molar-refractivity contribution >= 4 is 34.1 Å². The van der Waals surface area contributed by atoms with Crippen LogP contribution in [0.15, 0.2) is 18.2 Å². The second-order valence-electron chi connectivity index (χ2n) is 7.61. The molecule has 0 spiro atoms. The first-order chi connectivity index (χ1) is 14.9. The summed E-state index contributed by atoms with van der Waals surface area (Å²) in [5, 5.41) is 6.13. The van der Waals surface area contributed by atoms with Crippen LogP contribution in [0.4, 0.5) is 5.00 Å². The number of thiophene rings is 1. The van der Waals surface area contributed by atoms with Gasteiger partial charge in [-0.25, -0.2) is 4.79 Å². The van der Waals surface area contributed by atoms with E-state index < -0.39 is 18.5 Å². The van der Waals surface area contributed by atoms with E-state index in [-0.39, 0.29) is 5.91 Å². The van der Waals surface area contributed by atoms with Crippen molar-refractivity contribution in [2.75, 3.05) is 32.2 Å². The Bertz CT molecular complexity index is 983. The van der Waals surface area contributed by atoms with E-state index in [4.69, 9.17) is 9.47 Å². The number of benzene rings is 1. The zero-order valence-electron chi connectivity index (χ0n) is 18.1. The number of hydrogen-bond acceptors (Lipinski definition) is 6. The smallest absolute Gasteiger partial charge is 0.338 e. The fraction of sp³-hybridized carbons (Fsp3) is 0.435. The zero-order valence-corrected chi connectivity index (χ0v) is 18.9. The third kappa shape index (κ3) is 5.71. The zero-order chi connectivity index (χ0) is 22.4. The monoisotopic (exact) mass is 444 g/mol. The van der Waals surface area contributed by atoms with Gasteiger partial charge in [0.1, 0.15) is 5.00 Å². The van der Waals surface area contributed by atoms with Gasteiger partial charge in [0.25, 0.3) is 11.8 Å². The minimum atomic E-state index is -0.546. The van der Waals surface area contributed by atoms with Gasteiger partial charge in [-0.05, 0) is 56.7 Å². The van der Waals surface area contributed by atoms with Crippen LogP contribution in [0.1, 0.15) is 55.1 Å². The molecule has 0 saturated heterocycles. The first-order valence-electron chi connectivity index (χ1n) is 10.4. The van der Waals surface area contributed by atoms with Gasteiger partial charge in [0.2, 0.25) is 0 Å². The Morgan fingerprint density at radius 1 is 1.13 bits per heavy atom. The third-order valence-electron chi connectivity index (χ3n) is 5.18. The average molecular weight is 445 g/mol. The molecule has 2 amide bonds. The molecule has 1 aromatic carbocycles. The fourth-order valence-electron chi connectivity index (χ4n) is 3.66. The van der Waals surface area contributed by atoms with Crippen LogP contribution in [-0.4, -0.2) is 44.7 Å². The summed E-state index contributed by atoms with van der Waals surface area (Å²) in [5.74, 6) is -1.24. The van der Waals surface area contributed by atoms with Gasteiger partial charge in [-0.15, -0.1) is 11.3 Å². The van der Waals surface area contributed by atoms with Crippen molar-refractivity contribution in [2.24, 2.45) is 0 Å². The molecule has 0 fully saturated rings. The van der Waals surface area contributed by atoms with Crippen molar-refractivity contribution < 1.29 is 23.9 Å². The predicted octanol–water partition coefficient (Wildman–Crippen LogP) is 3.42. The molecule has 1 heterocycles. The molecular weight excluding hydrogens is 416 g/mol. The lowest BCUT2D eigenvalue weighted by Crippen LogP contribution is -2.29. The maximum atomic E-state index is 12.8. The number of rotatable bonds is 8. The van der Waals surface area contributed by atoms with Crippen LogP contribution in [0.25, 0.3) is 0 Å². The van der Waals surface area contributed by atoms with E-state index in [2.05, 4.69) is 10.6 Å². The number of hydrogen-bond donors (Lipinski definition) is 2. The SMILES string of the molecule is COCCNC(=O)c1c(NC(=O)COC(=O)c2ccc(C)cc2C)sc2c1CCCC2. The Morgan fingerprint density at radius 3 is 2.65 bits per heavy atom. The van der Waals surface area contributed by atoms with E-state index in [1.54, 1.807) is 13.2 Å². The second kappa shape index (κ2) is 10.5. The van der Waals surface area contributed by atoms with Crippen LogP contribution in [0, 0.1) is 13.8 Å². The highest BCUT2D eigenvalue weighted by molar-refractivity contribution is 7.17. The van der Waals surface area contributed by atoms with Gasteiger partial charge in [-0.2, -0.15) is 0 Å². The number of methoxy groups -OCH3 is 1. The largest absolute Gasteiger partial charge is 0.452 e. The molecule has 31 heavy (non-hydrogen) atoms. The molecule has 0 saturated carbocycles. The highest BCUT2D eigenvalue weighted by atomic mass is 32.1. The second-order valence-corrected chi connectivity index (χ2v) is 8.71. The summed E-state index contributed by atoms with van der Waals surface area (Å²) in [6, 6.07) is 5.41. The Hall–Kier alpha value is -2.71. The Balaban J connectivity index is 1.68. The van der Waals surface area contributed by atoms with E-state index >= 15 is 0 Å². The maximum Gasteiger partial charge on any atom is 0.338 e. The molecule has 0 aliphatic heterocycles. The van der Waals surface area contributed by atoms with Gasteiger partial charge in [0.15, 0.2) is 6.61 Å². The van der Waals surface area contributed by atoms with Crippen LogP contribution >= 0.6 is 11.3 Å². The highest BCUT2D eigenvalue weighted by Crippen LogP contribution is 2.38. The highest BCUT2D eigenvalue weighted by Gasteiger charge is 2.26. The van der Waals surface area contributed by atoms with Crippen molar-refractivity contribution in [3.8, 4) is 0 Å². The van der Waals surface area contributed by atoms with E-state index in [0.717, 1.165) is 47.3 Å². The number of nitrogens with one attached hydrogen (secondary N) is 2. The number of esters is 1. The van der Waals surface area contributed by atoms with Gasteiger partial charge in [0, 0.05) is 18.5 Å². The molecule has 7 nitrogen and oxygen atoms in total. The average Bonchev–Trinajstić information content (AvgIpc) is 3.10. The van der Waals surface area contributed by atoms with E-state index in [1.807, 2.05) is 26.0 Å². The summed E-state index contributed by atoms with van der Waals surface area (Å²) in [6.45, 7) is 4.15. The Kier molecular flexibility index (Phi) is 7.81. The van der Waals surface area contributed by atoms with Gasteiger partial charge >= 0.3 is 5.97 Å². The molecule has 2 aromatic rings. The molecule has 1 aliphatic carbocycles. The number of ether oxygens (including phenoxy) is 2. The van der Waals surface area contributed by atoms with E-state index in [1.165, 1.54) is 11.3 Å². The van der Waals surface area contributed by atoms with Crippen LogP contribution < -0.4 is 10.6 Å². The van der Waals surface area contributed by atoms with Gasteiger partial charge < -0.3 is 20.1 Å². The number of fused-ring (bicyclic) bond motifs is 1. The summed E-state index contributed by atoms with van der Waals surface area (Å²) in [5.41, 5.74) is 3.80. The van der Waals surface area contributed by atoms with Crippen molar-refractivity contribution in [2.45, 2.75) is 39.5 Å². The lowest BCUT2D eigenvalue weighted by Gasteiger charge is -2.13. The van der Waals surface area contributed by atoms with Gasteiger partial charge in [-0.3, -0.25) is 9.59 Å². The molecule has 0 unspecified atom stereocenters. The molecule has 1 aromatic heterocycles. The number of carbonyl (C=O) groups is 3. The summed E-state index contributed by atoms with van der Waals surface area (Å²) < 4.78 is 10.2. The molecule has 0 bridgehead atoms. The van der Waals surface area contributed by atoms with Crippen LogP contribution in [0.2, 0.25) is 0 Å². The molecular formula is C23H28N2O5S. The molecule has 8 heteroatoms. The van der Waals surface area contributed by atoms with Crippen molar-refractivity contribution in [1.29, 1.82) is 0 Å². The van der Waals surface area contributed by atoms with Crippen LogP contribution in [0.3, 0.4) is 0 Å². The normalized spacial score (nSPS) is 12.7. The van der Waals surface area contributed by atoms with Crippen LogP contribution in [0.5, 0.6) is 0 Å². The number of carbonyl (C=O) groups excluding carboxylic acids is 3. The fourth-order valence-corrected chi connectivity index (χ4v) is 4.97. The first-order valence-corrected chi connectivity index (χ1v) is 11.2. The Labute approximate surface area is 186 Å². The molecule has 3 rings (SSSR count). The summed E-state index contributed by atoms with van der Waals surface area (Å²) in [7, 11) is 1.57. The van der Waals surface area contributed by atoms with Crippen LogP contribution in [-0.2, 0) is 27.1 Å². The topological polar surface area (TPSA) is 93.7 Å². The van der Waals surface area contributed by atoms with E-state index in [0.29, 0.717) is 29.3 Å². The molecule has 0 atom stereocenters. The summed E-state index contributed by atoms with van der Waals surface area (Å²) in [6.07, 6.45) is 3.80. The summed E-state index contributed by atoms with van der Waals surface area (Å²) >= 11 is 1.43.